The second-order valence-electron chi connectivity index (χ2n) is 9.82. The topological polar surface area (TPSA) is 108 Å². The fourth-order valence-corrected chi connectivity index (χ4v) is 4.32. The van der Waals surface area contributed by atoms with Gasteiger partial charge >= 0.3 is 0 Å². The van der Waals surface area contributed by atoms with Crippen molar-refractivity contribution in [1.82, 2.24) is 19.0 Å². The second-order valence-corrected chi connectivity index (χ2v) is 9.82. The van der Waals surface area contributed by atoms with Gasteiger partial charge in [0.05, 0.1) is 28.5 Å². The molecule has 40 heavy (non-hydrogen) atoms. The van der Waals surface area contributed by atoms with Crippen molar-refractivity contribution in [2.75, 3.05) is 5.43 Å². The van der Waals surface area contributed by atoms with E-state index >= 15 is 0 Å². The Morgan fingerprint density at radius 1 is 0.525 bits per heavy atom. The standard InChI is InChI=1S/C30H28N10/c1-18-6-12-23(13-7-18)33-36-26-29-31-21(4)27(37-34-24-14-8-19(2)9-15-24)39(29)40-28(22(5)32-30(26)40)38-35-25-16-10-20(3)11-17-25/h6-17,33H,1-5H3. The van der Waals surface area contributed by atoms with E-state index in [1.54, 1.807) is 0 Å². The van der Waals surface area contributed by atoms with Crippen molar-refractivity contribution >= 4 is 40.0 Å². The lowest BCUT2D eigenvalue weighted by Crippen LogP contribution is -2.06. The Labute approximate surface area is 230 Å². The van der Waals surface area contributed by atoms with E-state index in [0.29, 0.717) is 39.7 Å². The van der Waals surface area contributed by atoms with Crippen molar-refractivity contribution in [2.24, 2.45) is 25.6 Å². The van der Waals surface area contributed by atoms with Gasteiger partial charge in [-0.2, -0.15) is 5.10 Å². The maximum Gasteiger partial charge on any atom is 0.198 e. The molecule has 0 saturated heterocycles. The van der Waals surface area contributed by atoms with Gasteiger partial charge in [-0.25, -0.2) is 19.0 Å². The molecule has 0 bridgehead atoms. The van der Waals surface area contributed by atoms with Crippen LogP contribution in [0.2, 0.25) is 0 Å². The summed E-state index contributed by atoms with van der Waals surface area (Å²) in [6, 6.07) is 23.8. The van der Waals surface area contributed by atoms with E-state index in [0.717, 1.165) is 28.2 Å². The number of imidazole rings is 2. The van der Waals surface area contributed by atoms with Gasteiger partial charge in [-0.3, -0.25) is 5.43 Å². The van der Waals surface area contributed by atoms with Crippen molar-refractivity contribution < 1.29 is 0 Å². The summed E-state index contributed by atoms with van der Waals surface area (Å²) in [5.41, 5.74) is 11.6. The van der Waals surface area contributed by atoms with Gasteiger partial charge in [0, 0.05) is 0 Å². The Bertz CT molecular complexity index is 1830. The minimum Gasteiger partial charge on any atom is -0.278 e. The van der Waals surface area contributed by atoms with Crippen LogP contribution in [0.5, 0.6) is 0 Å². The highest BCUT2D eigenvalue weighted by Crippen LogP contribution is 2.29. The fourth-order valence-electron chi connectivity index (χ4n) is 4.32. The van der Waals surface area contributed by atoms with Crippen LogP contribution in [0.25, 0.3) is 11.3 Å². The zero-order chi connectivity index (χ0) is 27.8. The van der Waals surface area contributed by atoms with Crippen molar-refractivity contribution in [3.05, 3.63) is 106 Å². The molecular formula is C30H28N10. The third-order valence-corrected chi connectivity index (χ3v) is 6.56. The highest BCUT2D eigenvalue weighted by atomic mass is 15.5. The SMILES string of the molecule is Cc1ccc(N=Nc2c(C)nc3c(=NNc4ccc(C)cc4)c4nc(C)c(N=Nc5ccc(C)cc5)n4n23)cc1. The molecule has 10 heteroatoms. The summed E-state index contributed by atoms with van der Waals surface area (Å²) < 4.78 is 3.70. The summed E-state index contributed by atoms with van der Waals surface area (Å²) in [5, 5.41) is 23.5. The lowest BCUT2D eigenvalue weighted by molar-refractivity contribution is 0.859. The normalized spacial score (nSPS) is 11.9. The maximum absolute atomic E-state index is 4.82. The van der Waals surface area contributed by atoms with Gasteiger partial charge in [0.1, 0.15) is 0 Å². The van der Waals surface area contributed by atoms with Crippen LogP contribution in [0, 0.1) is 34.6 Å². The van der Waals surface area contributed by atoms with Gasteiger partial charge in [-0.1, -0.05) is 53.1 Å². The van der Waals surface area contributed by atoms with Crippen LogP contribution in [-0.4, -0.2) is 19.0 Å². The van der Waals surface area contributed by atoms with Crippen LogP contribution >= 0.6 is 0 Å². The minimum atomic E-state index is 0.557. The van der Waals surface area contributed by atoms with Gasteiger partial charge in [-0.15, -0.1) is 20.5 Å². The molecular weight excluding hydrogens is 500 g/mol. The van der Waals surface area contributed by atoms with Crippen LogP contribution in [0.4, 0.5) is 28.7 Å². The summed E-state index contributed by atoms with van der Waals surface area (Å²) in [4.78, 5) is 9.63. The molecule has 0 aliphatic rings. The van der Waals surface area contributed by atoms with Gasteiger partial charge in [-0.05, 0) is 71.0 Å². The van der Waals surface area contributed by atoms with E-state index in [9.17, 15) is 0 Å². The molecule has 0 fully saturated rings. The first-order valence-electron chi connectivity index (χ1n) is 12.9. The molecule has 3 heterocycles. The number of azo groups is 2. The molecule has 3 aromatic heterocycles. The molecule has 198 valence electrons. The van der Waals surface area contributed by atoms with E-state index < -0.39 is 0 Å². The molecule has 0 saturated carbocycles. The van der Waals surface area contributed by atoms with E-state index in [4.69, 9.17) is 15.1 Å². The van der Waals surface area contributed by atoms with Crippen LogP contribution in [0.3, 0.4) is 0 Å². The summed E-state index contributed by atoms with van der Waals surface area (Å²) >= 11 is 0. The number of aryl methyl sites for hydroxylation is 5. The van der Waals surface area contributed by atoms with Crippen molar-refractivity contribution in [1.29, 1.82) is 0 Å². The summed E-state index contributed by atoms with van der Waals surface area (Å²) in [6.07, 6.45) is 0. The molecule has 0 aliphatic heterocycles. The van der Waals surface area contributed by atoms with Gasteiger partial charge in [0.2, 0.25) is 0 Å². The third kappa shape index (κ3) is 4.71. The molecule has 6 rings (SSSR count). The number of nitrogens with one attached hydrogen (secondary N) is 1. The molecule has 3 aromatic carbocycles. The molecule has 0 aliphatic carbocycles. The Hall–Kier alpha value is -5.25. The predicted molar refractivity (Wildman–Crippen MR) is 156 cm³/mol. The molecule has 10 nitrogen and oxygen atoms in total. The lowest BCUT2D eigenvalue weighted by Gasteiger charge is -1.99. The number of rotatable bonds is 6. The van der Waals surface area contributed by atoms with E-state index in [-0.39, 0.29) is 0 Å². The smallest absolute Gasteiger partial charge is 0.198 e. The largest absolute Gasteiger partial charge is 0.278 e. The average molecular weight is 529 g/mol. The van der Waals surface area contributed by atoms with E-state index in [1.807, 2.05) is 116 Å². The van der Waals surface area contributed by atoms with Crippen LogP contribution < -0.4 is 10.8 Å². The first-order chi connectivity index (χ1) is 19.4. The molecule has 6 aromatic rings. The van der Waals surface area contributed by atoms with Crippen LogP contribution in [0.15, 0.2) is 98.4 Å². The molecule has 0 atom stereocenters. The minimum absolute atomic E-state index is 0.557. The first-order valence-corrected chi connectivity index (χ1v) is 12.9. The number of fused-ring (bicyclic) bond motifs is 3. The highest BCUT2D eigenvalue weighted by Gasteiger charge is 2.23. The average Bonchev–Trinajstić information content (AvgIpc) is 3.53. The van der Waals surface area contributed by atoms with Crippen molar-refractivity contribution in [2.45, 2.75) is 34.6 Å². The molecule has 0 amide bonds. The number of benzene rings is 3. The van der Waals surface area contributed by atoms with E-state index in [2.05, 4.69) is 25.9 Å². The Morgan fingerprint density at radius 3 is 1.35 bits per heavy atom. The van der Waals surface area contributed by atoms with Gasteiger partial charge in [0.15, 0.2) is 28.3 Å². The number of hydrogen-bond acceptors (Lipinski definition) is 8. The quantitative estimate of drug-likeness (QED) is 0.176. The molecule has 1 N–H and O–H groups in total. The highest BCUT2D eigenvalue weighted by molar-refractivity contribution is 5.64. The first kappa shape index (κ1) is 25.1. The number of anilines is 1. The third-order valence-electron chi connectivity index (χ3n) is 6.56. The van der Waals surface area contributed by atoms with Crippen molar-refractivity contribution in [3.63, 3.8) is 0 Å². The maximum atomic E-state index is 4.82. The number of hydrogen-bond donors (Lipinski definition) is 1. The van der Waals surface area contributed by atoms with Crippen LogP contribution in [0.1, 0.15) is 28.1 Å². The number of nitrogens with zero attached hydrogens (tertiary/aromatic N) is 9. The zero-order valence-electron chi connectivity index (χ0n) is 23.0. The Balaban J connectivity index is 1.55. The van der Waals surface area contributed by atoms with Crippen LogP contribution in [-0.2, 0) is 0 Å². The summed E-state index contributed by atoms with van der Waals surface area (Å²) in [6.45, 7) is 9.92. The predicted octanol–water partition coefficient (Wildman–Crippen LogP) is 7.72. The van der Waals surface area contributed by atoms with Gasteiger partial charge in [0.25, 0.3) is 0 Å². The second kappa shape index (κ2) is 10.1. The Kier molecular flexibility index (Phi) is 6.35. The van der Waals surface area contributed by atoms with Gasteiger partial charge < -0.3 is 0 Å². The Morgan fingerprint density at radius 2 is 0.925 bits per heavy atom. The summed E-state index contributed by atoms with van der Waals surface area (Å²) in [7, 11) is 0. The lowest BCUT2D eigenvalue weighted by atomic mass is 10.2. The zero-order valence-corrected chi connectivity index (χ0v) is 23.0. The fraction of sp³-hybridized carbons (Fsp3) is 0.167. The summed E-state index contributed by atoms with van der Waals surface area (Å²) in [5.74, 6) is 1.11. The van der Waals surface area contributed by atoms with E-state index in [1.165, 1.54) is 5.56 Å². The monoisotopic (exact) mass is 528 g/mol. The molecule has 0 spiro atoms. The molecule has 0 radical (unpaired) electrons. The number of aromatic nitrogens is 4. The molecule has 0 unspecified atom stereocenters. The van der Waals surface area contributed by atoms with Crippen molar-refractivity contribution in [3.8, 4) is 0 Å².